The molecule has 0 atom stereocenters. The Morgan fingerprint density at radius 2 is 1.94 bits per heavy atom. The smallest absolute Gasteiger partial charge is 0.306 e. The zero-order chi connectivity index (χ0) is 13.8. The van der Waals surface area contributed by atoms with Crippen LogP contribution < -0.4 is 0 Å². The molecule has 0 bridgehead atoms. The van der Waals surface area contributed by atoms with Crippen molar-refractivity contribution in [2.24, 2.45) is 0 Å². The van der Waals surface area contributed by atoms with Gasteiger partial charge < -0.3 is 9.84 Å². The van der Waals surface area contributed by atoms with Gasteiger partial charge in [0.05, 0.1) is 24.4 Å². The first-order valence-corrected chi connectivity index (χ1v) is 7.73. The van der Waals surface area contributed by atoms with E-state index in [9.17, 15) is 18.3 Å². The molecule has 0 amide bonds. The van der Waals surface area contributed by atoms with E-state index >= 15 is 0 Å². The lowest BCUT2D eigenvalue weighted by Gasteiger charge is -2.34. The summed E-state index contributed by atoms with van der Waals surface area (Å²) in [6.07, 6.45) is 0.723. The number of esters is 1. The van der Waals surface area contributed by atoms with Crippen molar-refractivity contribution in [3.63, 3.8) is 0 Å². The molecule has 0 aromatic rings. The van der Waals surface area contributed by atoms with E-state index in [0.29, 0.717) is 25.9 Å². The van der Waals surface area contributed by atoms with Crippen molar-refractivity contribution in [3.8, 4) is 0 Å². The lowest BCUT2D eigenvalue weighted by atomic mass is 9.95. The highest BCUT2D eigenvalue weighted by Crippen LogP contribution is 2.23. The van der Waals surface area contributed by atoms with Gasteiger partial charge in [0.15, 0.2) is 0 Å². The van der Waals surface area contributed by atoms with E-state index in [4.69, 9.17) is 4.74 Å². The summed E-state index contributed by atoms with van der Waals surface area (Å²) in [6, 6.07) is 0. The van der Waals surface area contributed by atoms with Crippen LogP contribution in [0.2, 0.25) is 0 Å². The largest absolute Gasteiger partial charge is 0.466 e. The van der Waals surface area contributed by atoms with Gasteiger partial charge in [-0.3, -0.25) is 4.79 Å². The van der Waals surface area contributed by atoms with Gasteiger partial charge in [0.25, 0.3) is 0 Å². The van der Waals surface area contributed by atoms with E-state index in [-0.39, 0.29) is 18.8 Å². The molecule has 7 heteroatoms. The lowest BCUT2D eigenvalue weighted by molar-refractivity contribution is -0.142. The van der Waals surface area contributed by atoms with E-state index in [2.05, 4.69) is 0 Å². The summed E-state index contributed by atoms with van der Waals surface area (Å²) in [5.41, 5.74) is -0.785. The van der Waals surface area contributed by atoms with Gasteiger partial charge in [-0.15, -0.1) is 0 Å². The lowest BCUT2D eigenvalue weighted by Crippen LogP contribution is -2.45. The Bertz CT molecular complexity index is 380. The van der Waals surface area contributed by atoms with Crippen molar-refractivity contribution in [2.45, 2.75) is 38.7 Å². The van der Waals surface area contributed by atoms with E-state index in [1.807, 2.05) is 0 Å². The molecule has 0 aromatic heterocycles. The maximum atomic E-state index is 11.9. The van der Waals surface area contributed by atoms with Crippen molar-refractivity contribution >= 4 is 16.0 Å². The van der Waals surface area contributed by atoms with Crippen molar-refractivity contribution in [2.75, 3.05) is 25.4 Å². The molecule has 0 unspecified atom stereocenters. The Hall–Kier alpha value is -0.660. The molecule has 1 fully saturated rings. The number of piperidine rings is 1. The van der Waals surface area contributed by atoms with Gasteiger partial charge in [0.1, 0.15) is 0 Å². The SMILES string of the molecule is CCOC(=O)CCS(=O)(=O)N1CCC(C)(O)CC1. The molecule has 1 saturated heterocycles. The van der Waals surface area contributed by atoms with Gasteiger partial charge in [-0.05, 0) is 26.7 Å². The minimum atomic E-state index is -3.43. The first-order chi connectivity index (χ1) is 8.27. The Balaban J connectivity index is 2.47. The molecule has 18 heavy (non-hydrogen) atoms. The van der Waals surface area contributed by atoms with E-state index in [1.54, 1.807) is 13.8 Å². The normalized spacial score (nSPS) is 20.6. The Morgan fingerprint density at radius 1 is 1.39 bits per heavy atom. The van der Waals surface area contributed by atoms with Gasteiger partial charge in [0.2, 0.25) is 10.0 Å². The monoisotopic (exact) mass is 279 g/mol. The highest BCUT2D eigenvalue weighted by molar-refractivity contribution is 7.89. The average molecular weight is 279 g/mol. The number of carbonyl (C=O) groups is 1. The summed E-state index contributed by atoms with van der Waals surface area (Å²) in [5, 5.41) is 9.75. The predicted molar refractivity (Wildman–Crippen MR) is 66.5 cm³/mol. The second-order valence-corrected chi connectivity index (χ2v) is 6.86. The minimum Gasteiger partial charge on any atom is -0.466 e. The van der Waals surface area contributed by atoms with Crippen LogP contribution in [0.25, 0.3) is 0 Å². The first kappa shape index (κ1) is 15.4. The summed E-state index contributed by atoms with van der Waals surface area (Å²) >= 11 is 0. The van der Waals surface area contributed by atoms with Crippen LogP contribution >= 0.6 is 0 Å². The summed E-state index contributed by atoms with van der Waals surface area (Å²) in [4.78, 5) is 11.1. The van der Waals surface area contributed by atoms with Crippen LogP contribution in [-0.4, -0.2) is 54.8 Å². The van der Waals surface area contributed by atoms with Crippen LogP contribution in [0.4, 0.5) is 0 Å². The van der Waals surface area contributed by atoms with Gasteiger partial charge in [-0.2, -0.15) is 0 Å². The number of ether oxygens (including phenoxy) is 1. The standard InChI is InChI=1S/C11H21NO5S/c1-3-17-10(13)4-9-18(15,16)12-7-5-11(2,14)6-8-12/h14H,3-9H2,1-2H3. The van der Waals surface area contributed by atoms with Crippen molar-refractivity contribution < 1.29 is 23.1 Å². The van der Waals surface area contributed by atoms with E-state index in [1.165, 1.54) is 4.31 Å². The molecule has 0 aromatic carbocycles. The van der Waals surface area contributed by atoms with Gasteiger partial charge >= 0.3 is 5.97 Å². The molecule has 1 rings (SSSR count). The number of sulfonamides is 1. The van der Waals surface area contributed by atoms with Crippen molar-refractivity contribution in [1.82, 2.24) is 4.31 Å². The number of hydrogen-bond acceptors (Lipinski definition) is 5. The van der Waals surface area contributed by atoms with Crippen LogP contribution in [0.5, 0.6) is 0 Å². The number of aliphatic hydroxyl groups is 1. The molecule has 6 nitrogen and oxygen atoms in total. The summed E-state index contributed by atoms with van der Waals surface area (Å²) in [5.74, 6) is -0.723. The third kappa shape index (κ3) is 4.55. The van der Waals surface area contributed by atoms with Crippen molar-refractivity contribution in [1.29, 1.82) is 0 Å². The fraction of sp³-hybridized carbons (Fsp3) is 0.909. The quantitative estimate of drug-likeness (QED) is 0.722. The van der Waals surface area contributed by atoms with Gasteiger partial charge in [0, 0.05) is 13.1 Å². The van der Waals surface area contributed by atoms with Gasteiger partial charge in [-0.1, -0.05) is 0 Å². The topological polar surface area (TPSA) is 83.9 Å². The number of carbonyl (C=O) groups excluding carboxylic acids is 1. The molecule has 0 aliphatic carbocycles. The Labute approximate surface area is 108 Å². The maximum Gasteiger partial charge on any atom is 0.306 e. The maximum absolute atomic E-state index is 11.9. The second-order valence-electron chi connectivity index (χ2n) is 4.77. The van der Waals surface area contributed by atoms with Crippen LogP contribution in [0.3, 0.4) is 0 Å². The van der Waals surface area contributed by atoms with Crippen LogP contribution in [0, 0.1) is 0 Å². The molecular weight excluding hydrogens is 258 g/mol. The van der Waals surface area contributed by atoms with Crippen molar-refractivity contribution in [3.05, 3.63) is 0 Å². The number of rotatable bonds is 5. The fourth-order valence-electron chi connectivity index (χ4n) is 1.82. The molecule has 1 aliphatic rings. The highest BCUT2D eigenvalue weighted by Gasteiger charge is 2.33. The predicted octanol–water partition coefficient (Wildman–Crippen LogP) is 0.116. The van der Waals surface area contributed by atoms with Gasteiger partial charge in [-0.25, -0.2) is 12.7 Å². The first-order valence-electron chi connectivity index (χ1n) is 6.13. The molecule has 1 heterocycles. The summed E-state index contributed by atoms with van der Waals surface area (Å²) in [6.45, 7) is 4.25. The van der Waals surface area contributed by atoms with E-state index < -0.39 is 21.6 Å². The summed E-state index contributed by atoms with van der Waals surface area (Å²) in [7, 11) is -3.43. The van der Waals surface area contributed by atoms with Crippen LogP contribution in [0.15, 0.2) is 0 Å². The molecule has 0 saturated carbocycles. The molecule has 0 radical (unpaired) electrons. The molecule has 1 aliphatic heterocycles. The Morgan fingerprint density at radius 3 is 2.44 bits per heavy atom. The zero-order valence-electron chi connectivity index (χ0n) is 10.9. The third-order valence-corrected chi connectivity index (χ3v) is 4.93. The zero-order valence-corrected chi connectivity index (χ0v) is 11.7. The molecule has 106 valence electrons. The molecular formula is C11H21NO5S. The third-order valence-electron chi connectivity index (χ3n) is 3.06. The van der Waals surface area contributed by atoms with Crippen LogP contribution in [-0.2, 0) is 19.6 Å². The average Bonchev–Trinajstić information content (AvgIpc) is 2.26. The fourth-order valence-corrected chi connectivity index (χ4v) is 3.24. The molecule has 0 spiro atoms. The summed E-state index contributed by atoms with van der Waals surface area (Å²) < 4.78 is 29.9. The number of hydrogen-bond donors (Lipinski definition) is 1. The minimum absolute atomic E-state index is 0.122. The molecule has 1 N–H and O–H groups in total. The Kier molecular flexibility index (Phi) is 5.12. The van der Waals surface area contributed by atoms with Crippen LogP contribution in [0.1, 0.15) is 33.1 Å². The van der Waals surface area contributed by atoms with E-state index in [0.717, 1.165) is 0 Å². The highest BCUT2D eigenvalue weighted by atomic mass is 32.2. The second kappa shape index (κ2) is 5.99. The number of nitrogens with zero attached hydrogens (tertiary/aromatic N) is 1.